The van der Waals surface area contributed by atoms with Crippen LogP contribution in [0, 0.1) is 0 Å². The van der Waals surface area contributed by atoms with E-state index in [1.165, 1.54) is 32.2 Å². The van der Waals surface area contributed by atoms with Crippen molar-refractivity contribution in [2.45, 2.75) is 36.6 Å². The lowest BCUT2D eigenvalue weighted by molar-refractivity contribution is 0.182. The second-order valence-corrected chi connectivity index (χ2v) is 6.50. The molecule has 2 N–H and O–H groups in total. The molecule has 18 heavy (non-hydrogen) atoms. The number of hydrogen-bond acceptors (Lipinski definition) is 3. The van der Waals surface area contributed by atoms with Gasteiger partial charge in [0.1, 0.15) is 0 Å². The summed E-state index contributed by atoms with van der Waals surface area (Å²) in [6.07, 6.45) is 5.31. The molecular weight excluding hydrogens is 264 g/mol. The summed E-state index contributed by atoms with van der Waals surface area (Å²) >= 11 is 8.01. The zero-order valence-corrected chi connectivity index (χ0v) is 12.4. The molecule has 1 atom stereocenters. The number of rotatable bonds is 4. The minimum absolute atomic E-state index is 0.733. The number of nitrogens with zero attached hydrogens (tertiary/aromatic N) is 1. The summed E-state index contributed by atoms with van der Waals surface area (Å²) in [6.45, 7) is 1.25. The molecule has 1 aromatic carbocycles. The van der Waals surface area contributed by atoms with Crippen molar-refractivity contribution < 1.29 is 0 Å². The Kier molecular flexibility index (Phi) is 5.22. The van der Waals surface area contributed by atoms with E-state index in [1.54, 1.807) is 0 Å². The van der Waals surface area contributed by atoms with Gasteiger partial charge in [-0.15, -0.1) is 11.8 Å². The van der Waals surface area contributed by atoms with Gasteiger partial charge in [0.25, 0.3) is 0 Å². The Bertz CT molecular complexity index is 397. The van der Waals surface area contributed by atoms with Gasteiger partial charge in [0, 0.05) is 16.6 Å². The molecule has 0 amide bonds. The van der Waals surface area contributed by atoms with Gasteiger partial charge < -0.3 is 10.6 Å². The van der Waals surface area contributed by atoms with Crippen LogP contribution in [0.5, 0.6) is 0 Å². The van der Waals surface area contributed by atoms with E-state index in [0.29, 0.717) is 0 Å². The molecular formula is C14H21ClN2S. The van der Waals surface area contributed by atoms with Crippen LogP contribution in [0.25, 0.3) is 0 Å². The molecule has 1 fully saturated rings. The van der Waals surface area contributed by atoms with E-state index < -0.39 is 0 Å². The van der Waals surface area contributed by atoms with Crippen LogP contribution in [0.1, 0.15) is 25.7 Å². The lowest BCUT2D eigenvalue weighted by Crippen LogP contribution is -2.36. The molecule has 1 aromatic rings. The van der Waals surface area contributed by atoms with Crippen LogP contribution in [0.2, 0.25) is 5.02 Å². The van der Waals surface area contributed by atoms with Gasteiger partial charge >= 0.3 is 0 Å². The van der Waals surface area contributed by atoms with E-state index in [1.807, 2.05) is 30.0 Å². The smallest absolute Gasteiger partial charge is 0.0562 e. The summed E-state index contributed by atoms with van der Waals surface area (Å²) in [4.78, 5) is 3.64. The maximum atomic E-state index is 6.17. The van der Waals surface area contributed by atoms with Gasteiger partial charge in [-0.05, 0) is 56.8 Å². The van der Waals surface area contributed by atoms with Gasteiger partial charge in [0.2, 0.25) is 0 Å². The normalized spacial score (nSPS) is 21.1. The van der Waals surface area contributed by atoms with E-state index >= 15 is 0 Å². The SMILES string of the molecule is CN1CCCCC1CCSc1ccc(N)cc1Cl. The number of piperidine rings is 1. The monoisotopic (exact) mass is 284 g/mol. The summed E-state index contributed by atoms with van der Waals surface area (Å²) in [7, 11) is 2.24. The summed E-state index contributed by atoms with van der Waals surface area (Å²) in [5.41, 5.74) is 6.42. The molecule has 100 valence electrons. The van der Waals surface area contributed by atoms with Crippen molar-refractivity contribution in [3.05, 3.63) is 23.2 Å². The summed E-state index contributed by atoms with van der Waals surface area (Å²) in [5, 5.41) is 0.775. The molecule has 4 heteroatoms. The molecule has 1 saturated heterocycles. The Labute approximate surface area is 119 Å². The number of nitrogens with two attached hydrogens (primary N) is 1. The molecule has 1 heterocycles. The number of nitrogen functional groups attached to an aromatic ring is 1. The molecule has 0 aliphatic carbocycles. The third kappa shape index (κ3) is 3.81. The Balaban J connectivity index is 1.81. The minimum atomic E-state index is 0.733. The van der Waals surface area contributed by atoms with E-state index in [2.05, 4.69) is 11.9 Å². The molecule has 2 rings (SSSR count). The van der Waals surface area contributed by atoms with Gasteiger partial charge in [0.15, 0.2) is 0 Å². The lowest BCUT2D eigenvalue weighted by atomic mass is 10.0. The van der Waals surface area contributed by atoms with Crippen molar-refractivity contribution in [1.82, 2.24) is 4.90 Å². The molecule has 0 aromatic heterocycles. The van der Waals surface area contributed by atoms with Crippen LogP contribution < -0.4 is 5.73 Å². The average Bonchev–Trinajstić information content (AvgIpc) is 2.34. The van der Waals surface area contributed by atoms with Crippen molar-refractivity contribution in [3.63, 3.8) is 0 Å². The number of anilines is 1. The van der Waals surface area contributed by atoms with Gasteiger partial charge in [-0.3, -0.25) is 0 Å². The van der Waals surface area contributed by atoms with Crippen LogP contribution in [0.4, 0.5) is 5.69 Å². The second kappa shape index (κ2) is 6.69. The van der Waals surface area contributed by atoms with E-state index in [9.17, 15) is 0 Å². The number of halogens is 1. The summed E-state index contributed by atoms with van der Waals surface area (Å²) in [6, 6.07) is 6.52. The average molecular weight is 285 g/mol. The lowest BCUT2D eigenvalue weighted by Gasteiger charge is -2.32. The van der Waals surface area contributed by atoms with Crippen LogP contribution in [0.15, 0.2) is 23.1 Å². The number of hydrogen-bond donors (Lipinski definition) is 1. The number of likely N-dealkylation sites (tertiary alicyclic amines) is 1. The van der Waals surface area contributed by atoms with Crippen molar-refractivity contribution in [2.75, 3.05) is 25.1 Å². The highest BCUT2D eigenvalue weighted by molar-refractivity contribution is 7.99. The standard InChI is InChI=1S/C14H21ClN2S/c1-17-8-3-2-4-12(17)7-9-18-14-6-5-11(16)10-13(14)15/h5-6,10,12H,2-4,7-9,16H2,1H3. The summed E-state index contributed by atoms with van der Waals surface area (Å²) in [5.74, 6) is 1.12. The fraction of sp³-hybridized carbons (Fsp3) is 0.571. The molecule has 0 spiro atoms. The van der Waals surface area contributed by atoms with Crippen LogP contribution in [-0.2, 0) is 0 Å². The highest BCUT2D eigenvalue weighted by atomic mass is 35.5. The molecule has 0 bridgehead atoms. The minimum Gasteiger partial charge on any atom is -0.399 e. The first-order chi connectivity index (χ1) is 8.66. The number of benzene rings is 1. The molecule has 1 unspecified atom stereocenters. The first-order valence-electron chi connectivity index (χ1n) is 6.55. The summed E-state index contributed by atoms with van der Waals surface area (Å²) < 4.78 is 0. The maximum absolute atomic E-state index is 6.17. The third-order valence-corrected chi connectivity index (χ3v) is 5.12. The van der Waals surface area contributed by atoms with Crippen LogP contribution in [-0.4, -0.2) is 30.3 Å². The van der Waals surface area contributed by atoms with E-state index in [-0.39, 0.29) is 0 Å². The predicted octanol–water partition coefficient (Wildman–Crippen LogP) is 3.89. The molecule has 0 saturated carbocycles. The zero-order valence-electron chi connectivity index (χ0n) is 10.9. The Morgan fingerprint density at radius 2 is 2.28 bits per heavy atom. The fourth-order valence-electron chi connectivity index (χ4n) is 2.45. The molecule has 1 aliphatic heterocycles. The zero-order chi connectivity index (χ0) is 13.0. The van der Waals surface area contributed by atoms with Crippen molar-refractivity contribution in [1.29, 1.82) is 0 Å². The first-order valence-corrected chi connectivity index (χ1v) is 7.91. The Morgan fingerprint density at radius 1 is 1.44 bits per heavy atom. The fourth-order valence-corrected chi connectivity index (χ4v) is 3.77. The Morgan fingerprint density at radius 3 is 3.00 bits per heavy atom. The highest BCUT2D eigenvalue weighted by Crippen LogP contribution is 2.30. The highest BCUT2D eigenvalue weighted by Gasteiger charge is 2.18. The predicted molar refractivity (Wildman–Crippen MR) is 81.5 cm³/mol. The van der Waals surface area contributed by atoms with Gasteiger partial charge in [-0.1, -0.05) is 18.0 Å². The molecule has 2 nitrogen and oxygen atoms in total. The van der Waals surface area contributed by atoms with Crippen molar-refractivity contribution in [3.8, 4) is 0 Å². The van der Waals surface area contributed by atoms with Gasteiger partial charge in [0.05, 0.1) is 5.02 Å². The van der Waals surface area contributed by atoms with E-state index in [4.69, 9.17) is 17.3 Å². The molecule has 1 aliphatic rings. The maximum Gasteiger partial charge on any atom is 0.0562 e. The van der Waals surface area contributed by atoms with Crippen LogP contribution >= 0.6 is 23.4 Å². The van der Waals surface area contributed by atoms with Crippen LogP contribution in [0.3, 0.4) is 0 Å². The third-order valence-electron chi connectivity index (χ3n) is 3.59. The van der Waals surface area contributed by atoms with Gasteiger partial charge in [-0.25, -0.2) is 0 Å². The second-order valence-electron chi connectivity index (χ2n) is 4.96. The quantitative estimate of drug-likeness (QED) is 0.672. The largest absolute Gasteiger partial charge is 0.399 e. The Hall–Kier alpha value is -0.380. The first kappa shape index (κ1) is 14.0. The molecule has 0 radical (unpaired) electrons. The van der Waals surface area contributed by atoms with Gasteiger partial charge in [-0.2, -0.15) is 0 Å². The number of thioether (sulfide) groups is 1. The van der Waals surface area contributed by atoms with Crippen molar-refractivity contribution in [2.24, 2.45) is 0 Å². The topological polar surface area (TPSA) is 29.3 Å². The van der Waals surface area contributed by atoms with E-state index in [0.717, 1.165) is 27.4 Å². The van der Waals surface area contributed by atoms with Crippen molar-refractivity contribution >= 4 is 29.1 Å².